The lowest BCUT2D eigenvalue weighted by atomic mass is 9.99. The summed E-state index contributed by atoms with van der Waals surface area (Å²) in [5.74, 6) is 0.965. The number of hydrogen-bond acceptors (Lipinski definition) is 3. The van der Waals surface area contributed by atoms with Crippen molar-refractivity contribution < 1.29 is 4.74 Å². The molecule has 1 saturated heterocycles. The number of nitrogens with zero attached hydrogens (tertiary/aromatic N) is 1. The standard InChI is InChI=1S/C21H28N2O.2ClH/c1-2-7-21(23-14-12-22-13-15-23)19-10-6-11-20(16-19)24-17-18-8-4-3-5-9-18;;/h3-6,8-11,16,21-22H,2,7,12-15,17H2,1H3;2*1H/t21-;;/m1../s1. The maximum absolute atomic E-state index is 6.02. The summed E-state index contributed by atoms with van der Waals surface area (Å²) in [5.41, 5.74) is 2.58. The molecule has 3 rings (SSSR count). The number of hydrogen-bond donors (Lipinski definition) is 1. The topological polar surface area (TPSA) is 24.5 Å². The minimum absolute atomic E-state index is 0. The minimum Gasteiger partial charge on any atom is -0.489 e. The van der Waals surface area contributed by atoms with Crippen molar-refractivity contribution in [3.05, 3.63) is 65.7 Å². The van der Waals surface area contributed by atoms with Gasteiger partial charge in [0.05, 0.1) is 0 Å². The van der Waals surface area contributed by atoms with Crippen LogP contribution in [0.5, 0.6) is 5.75 Å². The van der Waals surface area contributed by atoms with Crippen LogP contribution in [0.15, 0.2) is 54.6 Å². The van der Waals surface area contributed by atoms with Gasteiger partial charge < -0.3 is 10.1 Å². The Balaban J connectivity index is 0.00000169. The van der Waals surface area contributed by atoms with Gasteiger partial charge in [-0.2, -0.15) is 0 Å². The van der Waals surface area contributed by atoms with Crippen molar-refractivity contribution in [3.8, 4) is 5.75 Å². The average molecular weight is 397 g/mol. The first kappa shape index (κ1) is 22.8. The van der Waals surface area contributed by atoms with E-state index in [4.69, 9.17) is 4.74 Å². The largest absolute Gasteiger partial charge is 0.489 e. The molecule has 0 radical (unpaired) electrons. The Morgan fingerprint density at radius 1 is 1.00 bits per heavy atom. The van der Waals surface area contributed by atoms with Crippen molar-refractivity contribution in [2.75, 3.05) is 26.2 Å². The zero-order valence-corrected chi connectivity index (χ0v) is 17.0. The molecule has 1 atom stereocenters. The molecular weight excluding hydrogens is 367 g/mol. The van der Waals surface area contributed by atoms with Gasteiger partial charge in [0.25, 0.3) is 0 Å². The van der Waals surface area contributed by atoms with Crippen molar-refractivity contribution in [1.82, 2.24) is 10.2 Å². The molecule has 1 aliphatic rings. The van der Waals surface area contributed by atoms with E-state index in [1.807, 2.05) is 6.07 Å². The summed E-state index contributed by atoms with van der Waals surface area (Å²) < 4.78 is 6.02. The second kappa shape index (κ2) is 12.2. The highest BCUT2D eigenvalue weighted by Crippen LogP contribution is 2.28. The van der Waals surface area contributed by atoms with Gasteiger partial charge in [0.2, 0.25) is 0 Å². The Hall–Kier alpha value is -1.26. The van der Waals surface area contributed by atoms with Crippen molar-refractivity contribution in [2.24, 2.45) is 0 Å². The highest BCUT2D eigenvalue weighted by molar-refractivity contribution is 5.85. The molecule has 0 aromatic heterocycles. The third-order valence-electron chi connectivity index (χ3n) is 4.65. The lowest BCUT2D eigenvalue weighted by Gasteiger charge is -2.35. The molecule has 2 aromatic carbocycles. The highest BCUT2D eigenvalue weighted by Gasteiger charge is 2.21. The van der Waals surface area contributed by atoms with Crippen molar-refractivity contribution in [3.63, 3.8) is 0 Å². The predicted molar refractivity (Wildman–Crippen MR) is 114 cm³/mol. The molecule has 3 nitrogen and oxygen atoms in total. The monoisotopic (exact) mass is 396 g/mol. The van der Waals surface area contributed by atoms with Gasteiger partial charge in [-0.05, 0) is 29.7 Å². The summed E-state index contributed by atoms with van der Waals surface area (Å²) >= 11 is 0. The van der Waals surface area contributed by atoms with E-state index in [2.05, 4.69) is 65.7 Å². The maximum Gasteiger partial charge on any atom is 0.120 e. The number of nitrogens with one attached hydrogen (secondary N) is 1. The van der Waals surface area contributed by atoms with Crippen LogP contribution in [-0.2, 0) is 6.61 Å². The van der Waals surface area contributed by atoms with Crippen LogP contribution >= 0.6 is 24.8 Å². The van der Waals surface area contributed by atoms with Gasteiger partial charge in [-0.25, -0.2) is 0 Å². The van der Waals surface area contributed by atoms with E-state index < -0.39 is 0 Å². The van der Waals surface area contributed by atoms with Crippen molar-refractivity contribution in [1.29, 1.82) is 0 Å². The average Bonchev–Trinajstić information content (AvgIpc) is 2.66. The molecule has 0 aliphatic carbocycles. The first-order valence-corrected chi connectivity index (χ1v) is 9.08. The predicted octanol–water partition coefficient (Wildman–Crippen LogP) is 4.86. The fraction of sp³-hybridized carbons (Fsp3) is 0.429. The fourth-order valence-corrected chi connectivity index (χ4v) is 3.38. The Morgan fingerprint density at radius 3 is 2.42 bits per heavy atom. The quantitative estimate of drug-likeness (QED) is 0.723. The Kier molecular flexibility index (Phi) is 10.7. The lowest BCUT2D eigenvalue weighted by Crippen LogP contribution is -2.45. The van der Waals surface area contributed by atoms with Crippen LogP contribution in [-0.4, -0.2) is 31.1 Å². The van der Waals surface area contributed by atoms with E-state index in [0.717, 1.165) is 31.9 Å². The Bertz CT molecular complexity index is 618. The lowest BCUT2D eigenvalue weighted by molar-refractivity contribution is 0.164. The molecule has 0 unspecified atom stereocenters. The Morgan fingerprint density at radius 2 is 1.73 bits per heavy atom. The molecule has 1 heterocycles. The summed E-state index contributed by atoms with van der Waals surface area (Å²) in [6, 6.07) is 19.5. The van der Waals surface area contributed by atoms with Crippen molar-refractivity contribution in [2.45, 2.75) is 32.4 Å². The first-order valence-electron chi connectivity index (χ1n) is 9.08. The number of rotatable bonds is 7. The number of halogens is 2. The van der Waals surface area contributed by atoms with Gasteiger partial charge in [0.15, 0.2) is 0 Å². The van der Waals surface area contributed by atoms with Gasteiger partial charge in [-0.15, -0.1) is 24.8 Å². The fourth-order valence-electron chi connectivity index (χ4n) is 3.38. The SMILES string of the molecule is CCC[C@H](c1cccc(OCc2ccccc2)c1)N1CCNCC1.Cl.Cl. The van der Waals surface area contributed by atoms with Crippen LogP contribution in [0.1, 0.15) is 36.9 Å². The van der Waals surface area contributed by atoms with Crippen LogP contribution < -0.4 is 10.1 Å². The summed E-state index contributed by atoms with van der Waals surface area (Å²) in [6.45, 7) is 7.32. The van der Waals surface area contributed by atoms with Gasteiger partial charge in [-0.1, -0.05) is 55.8 Å². The van der Waals surface area contributed by atoms with E-state index in [1.54, 1.807) is 0 Å². The second-order valence-corrected chi connectivity index (χ2v) is 6.44. The zero-order chi connectivity index (χ0) is 16.6. The summed E-state index contributed by atoms with van der Waals surface area (Å²) in [6.07, 6.45) is 2.39. The number of benzene rings is 2. The molecule has 0 bridgehead atoms. The molecule has 0 amide bonds. The van der Waals surface area contributed by atoms with Crippen LogP contribution in [0.25, 0.3) is 0 Å². The third kappa shape index (κ3) is 6.48. The summed E-state index contributed by atoms with van der Waals surface area (Å²) in [5, 5.41) is 3.45. The summed E-state index contributed by atoms with van der Waals surface area (Å²) in [7, 11) is 0. The molecule has 26 heavy (non-hydrogen) atoms. The van der Waals surface area contributed by atoms with Crippen LogP contribution in [0.3, 0.4) is 0 Å². The molecule has 5 heteroatoms. The van der Waals surface area contributed by atoms with Gasteiger partial charge in [0.1, 0.15) is 12.4 Å². The molecule has 0 spiro atoms. The van der Waals surface area contributed by atoms with Crippen LogP contribution in [0.4, 0.5) is 0 Å². The zero-order valence-electron chi connectivity index (χ0n) is 15.4. The molecule has 1 N–H and O–H groups in total. The second-order valence-electron chi connectivity index (χ2n) is 6.44. The van der Waals surface area contributed by atoms with Gasteiger partial charge in [0, 0.05) is 32.2 Å². The van der Waals surface area contributed by atoms with E-state index in [0.29, 0.717) is 12.6 Å². The van der Waals surface area contributed by atoms with E-state index in [9.17, 15) is 0 Å². The van der Waals surface area contributed by atoms with E-state index in [-0.39, 0.29) is 24.8 Å². The first-order chi connectivity index (χ1) is 11.9. The maximum atomic E-state index is 6.02. The number of ether oxygens (including phenoxy) is 1. The van der Waals surface area contributed by atoms with Crippen LogP contribution in [0, 0.1) is 0 Å². The van der Waals surface area contributed by atoms with E-state index in [1.165, 1.54) is 24.0 Å². The highest BCUT2D eigenvalue weighted by atomic mass is 35.5. The third-order valence-corrected chi connectivity index (χ3v) is 4.65. The summed E-state index contributed by atoms with van der Waals surface area (Å²) in [4.78, 5) is 2.61. The molecule has 1 fully saturated rings. The molecule has 2 aromatic rings. The van der Waals surface area contributed by atoms with Gasteiger partial charge in [-0.3, -0.25) is 4.90 Å². The smallest absolute Gasteiger partial charge is 0.120 e. The molecule has 1 aliphatic heterocycles. The number of piperazine rings is 1. The van der Waals surface area contributed by atoms with Crippen molar-refractivity contribution >= 4 is 24.8 Å². The normalized spacial score (nSPS) is 15.4. The van der Waals surface area contributed by atoms with E-state index >= 15 is 0 Å². The molecule has 144 valence electrons. The van der Waals surface area contributed by atoms with Gasteiger partial charge >= 0.3 is 0 Å². The minimum atomic E-state index is 0. The van der Waals surface area contributed by atoms with Crippen LogP contribution in [0.2, 0.25) is 0 Å². The molecule has 0 saturated carbocycles. The Labute approximate surface area is 169 Å². The molecular formula is C21H30Cl2N2O.